The number of carbonyl (C=O) groups is 1. The number of hydrogen-bond acceptors (Lipinski definition) is 3. The van der Waals surface area contributed by atoms with Gasteiger partial charge in [-0.3, -0.25) is 9.48 Å². The van der Waals surface area contributed by atoms with E-state index in [4.69, 9.17) is 0 Å². The highest BCUT2D eigenvalue weighted by molar-refractivity contribution is 7.20. The van der Waals surface area contributed by atoms with E-state index in [1.165, 1.54) is 27.8 Å². The number of aromatic nitrogens is 2. The average molecular weight is 347 g/mol. The SMILES string of the molecule is Cc1nn(C)c2sc(C(=O)Nc3ccc4c5c(cccc35)CC4)cc12. The summed E-state index contributed by atoms with van der Waals surface area (Å²) in [5.74, 6) is -0.0562. The number of carbonyl (C=O) groups excluding carboxylic acids is 1. The van der Waals surface area contributed by atoms with Crippen LogP contribution in [0.5, 0.6) is 0 Å². The fourth-order valence-corrected chi connectivity index (χ4v) is 4.88. The molecule has 0 bridgehead atoms. The Morgan fingerprint density at radius 2 is 1.96 bits per heavy atom. The topological polar surface area (TPSA) is 46.9 Å². The van der Waals surface area contributed by atoms with Crippen molar-refractivity contribution in [3.05, 3.63) is 58.1 Å². The second-order valence-electron chi connectivity index (χ2n) is 6.60. The quantitative estimate of drug-likeness (QED) is 0.582. The van der Waals surface area contributed by atoms with E-state index in [0.29, 0.717) is 4.88 Å². The predicted molar refractivity (Wildman–Crippen MR) is 103 cm³/mol. The molecule has 0 spiro atoms. The number of benzene rings is 2. The van der Waals surface area contributed by atoms with Crippen LogP contribution in [0, 0.1) is 6.92 Å². The van der Waals surface area contributed by atoms with Gasteiger partial charge >= 0.3 is 0 Å². The zero-order valence-electron chi connectivity index (χ0n) is 14.1. The van der Waals surface area contributed by atoms with Gasteiger partial charge in [0.25, 0.3) is 5.91 Å². The van der Waals surface area contributed by atoms with Crippen molar-refractivity contribution < 1.29 is 4.79 Å². The van der Waals surface area contributed by atoms with Gasteiger partial charge in [0, 0.05) is 23.5 Å². The Morgan fingerprint density at radius 3 is 2.76 bits per heavy atom. The lowest BCUT2D eigenvalue weighted by Gasteiger charge is -2.10. The monoisotopic (exact) mass is 347 g/mol. The van der Waals surface area contributed by atoms with Gasteiger partial charge in [-0.2, -0.15) is 5.10 Å². The third kappa shape index (κ3) is 2.12. The third-order valence-corrected chi connectivity index (χ3v) is 6.25. The van der Waals surface area contributed by atoms with E-state index in [1.54, 1.807) is 0 Å². The predicted octanol–water partition coefficient (Wildman–Crippen LogP) is 4.45. The van der Waals surface area contributed by atoms with Crippen molar-refractivity contribution in [3.8, 4) is 0 Å². The summed E-state index contributed by atoms with van der Waals surface area (Å²) in [5.41, 5.74) is 4.61. The van der Waals surface area contributed by atoms with Gasteiger partial charge in [-0.1, -0.05) is 24.3 Å². The molecule has 0 fully saturated rings. The summed E-state index contributed by atoms with van der Waals surface area (Å²) in [6, 6.07) is 12.5. The van der Waals surface area contributed by atoms with E-state index in [1.807, 2.05) is 30.8 Å². The summed E-state index contributed by atoms with van der Waals surface area (Å²) in [6.07, 6.45) is 2.18. The Kier molecular flexibility index (Phi) is 3.03. The number of anilines is 1. The van der Waals surface area contributed by atoms with Crippen LogP contribution in [0.1, 0.15) is 26.5 Å². The largest absolute Gasteiger partial charge is 0.321 e. The molecule has 0 saturated carbocycles. The molecule has 2 aromatic carbocycles. The molecule has 4 nitrogen and oxygen atoms in total. The standard InChI is InChI=1S/C20H17N3OS/c1-11-15-10-17(25-20(15)23(2)22-11)19(24)21-16-9-8-13-7-6-12-4-3-5-14(16)18(12)13/h3-5,8-10H,6-7H2,1-2H3,(H,21,24). The highest BCUT2D eigenvalue weighted by Crippen LogP contribution is 2.35. The fourth-order valence-electron chi connectivity index (χ4n) is 3.86. The second-order valence-corrected chi connectivity index (χ2v) is 7.64. The molecule has 124 valence electrons. The van der Waals surface area contributed by atoms with Crippen LogP contribution in [0.25, 0.3) is 21.0 Å². The number of amides is 1. The van der Waals surface area contributed by atoms with Gasteiger partial charge in [0.2, 0.25) is 0 Å². The van der Waals surface area contributed by atoms with Gasteiger partial charge < -0.3 is 5.32 Å². The molecule has 1 aliphatic rings. The van der Waals surface area contributed by atoms with Crippen LogP contribution in [0.15, 0.2) is 36.4 Å². The van der Waals surface area contributed by atoms with Crippen molar-refractivity contribution in [2.24, 2.45) is 7.05 Å². The lowest BCUT2D eigenvalue weighted by atomic mass is 10.0. The van der Waals surface area contributed by atoms with E-state index in [9.17, 15) is 4.79 Å². The van der Waals surface area contributed by atoms with Crippen molar-refractivity contribution in [3.63, 3.8) is 0 Å². The van der Waals surface area contributed by atoms with E-state index in [-0.39, 0.29) is 5.91 Å². The molecular weight excluding hydrogens is 330 g/mol. The van der Waals surface area contributed by atoms with Crippen molar-refractivity contribution in [1.82, 2.24) is 9.78 Å². The molecule has 5 rings (SSSR count). The molecule has 0 aliphatic heterocycles. The summed E-state index contributed by atoms with van der Waals surface area (Å²) in [4.78, 5) is 14.6. The molecule has 1 amide bonds. The molecule has 2 heterocycles. The van der Waals surface area contributed by atoms with Crippen molar-refractivity contribution in [1.29, 1.82) is 0 Å². The molecule has 1 N–H and O–H groups in total. The van der Waals surface area contributed by atoms with Crippen molar-refractivity contribution in [2.75, 3.05) is 5.32 Å². The molecule has 4 aromatic rings. The number of rotatable bonds is 2. The molecule has 25 heavy (non-hydrogen) atoms. The zero-order chi connectivity index (χ0) is 17.1. The molecule has 2 aromatic heterocycles. The number of nitrogens with zero attached hydrogens (tertiary/aromatic N) is 2. The molecule has 0 saturated heterocycles. The van der Waals surface area contributed by atoms with Gasteiger partial charge in [-0.25, -0.2) is 0 Å². The number of fused-ring (bicyclic) bond motifs is 1. The number of nitrogens with one attached hydrogen (secondary N) is 1. The highest BCUT2D eigenvalue weighted by Gasteiger charge is 2.19. The minimum Gasteiger partial charge on any atom is -0.321 e. The first-order chi connectivity index (χ1) is 12.1. The van der Waals surface area contributed by atoms with Gasteiger partial charge in [0.1, 0.15) is 4.83 Å². The summed E-state index contributed by atoms with van der Waals surface area (Å²) >= 11 is 1.48. The van der Waals surface area contributed by atoms with Gasteiger partial charge in [-0.05, 0) is 48.4 Å². The van der Waals surface area contributed by atoms with Crippen LogP contribution >= 0.6 is 11.3 Å². The van der Waals surface area contributed by atoms with Gasteiger partial charge in [-0.15, -0.1) is 11.3 Å². The Balaban J connectivity index is 1.56. The van der Waals surface area contributed by atoms with Crippen LogP contribution in [0.4, 0.5) is 5.69 Å². The smallest absolute Gasteiger partial charge is 0.265 e. The second kappa shape index (κ2) is 5.17. The Bertz CT molecular complexity index is 1120. The van der Waals surface area contributed by atoms with E-state index >= 15 is 0 Å². The average Bonchev–Trinajstić information content (AvgIpc) is 3.28. The lowest BCUT2D eigenvalue weighted by Crippen LogP contribution is -2.10. The Hall–Kier alpha value is -2.66. The number of hydrogen-bond donors (Lipinski definition) is 1. The molecule has 1 aliphatic carbocycles. The fraction of sp³-hybridized carbons (Fsp3) is 0.200. The zero-order valence-corrected chi connectivity index (χ0v) is 14.9. The minimum absolute atomic E-state index is 0.0562. The maximum Gasteiger partial charge on any atom is 0.265 e. The Labute approximate surface area is 149 Å². The summed E-state index contributed by atoms with van der Waals surface area (Å²) in [7, 11) is 1.91. The van der Waals surface area contributed by atoms with Crippen LogP contribution < -0.4 is 5.32 Å². The van der Waals surface area contributed by atoms with E-state index in [0.717, 1.165) is 39.8 Å². The molecule has 0 radical (unpaired) electrons. The molecule has 0 atom stereocenters. The minimum atomic E-state index is -0.0562. The van der Waals surface area contributed by atoms with Crippen LogP contribution in [0.2, 0.25) is 0 Å². The van der Waals surface area contributed by atoms with Crippen LogP contribution in [0.3, 0.4) is 0 Å². The van der Waals surface area contributed by atoms with Gasteiger partial charge in [0.15, 0.2) is 0 Å². The van der Waals surface area contributed by atoms with Crippen LogP contribution in [-0.4, -0.2) is 15.7 Å². The van der Waals surface area contributed by atoms with Gasteiger partial charge in [0.05, 0.1) is 10.6 Å². The summed E-state index contributed by atoms with van der Waals surface area (Å²) in [6.45, 7) is 1.97. The summed E-state index contributed by atoms with van der Waals surface area (Å²) < 4.78 is 1.84. The van der Waals surface area contributed by atoms with E-state index in [2.05, 4.69) is 34.7 Å². The number of thiophene rings is 1. The number of aryl methyl sites for hydroxylation is 4. The summed E-state index contributed by atoms with van der Waals surface area (Å²) in [5, 5.41) is 11.0. The first-order valence-electron chi connectivity index (χ1n) is 8.40. The van der Waals surface area contributed by atoms with Crippen LogP contribution in [-0.2, 0) is 19.9 Å². The maximum atomic E-state index is 12.8. The first kappa shape index (κ1) is 14.7. The van der Waals surface area contributed by atoms with Crippen molar-refractivity contribution in [2.45, 2.75) is 19.8 Å². The maximum absolute atomic E-state index is 12.8. The normalized spacial score (nSPS) is 13.0. The Morgan fingerprint density at radius 1 is 1.16 bits per heavy atom. The first-order valence-corrected chi connectivity index (χ1v) is 9.21. The highest BCUT2D eigenvalue weighted by atomic mass is 32.1. The third-order valence-electron chi connectivity index (χ3n) is 5.05. The molecule has 0 unspecified atom stereocenters. The molecular formula is C20H17N3OS. The lowest BCUT2D eigenvalue weighted by molar-refractivity contribution is 0.103. The van der Waals surface area contributed by atoms with E-state index < -0.39 is 0 Å². The molecule has 5 heteroatoms. The van der Waals surface area contributed by atoms with Crippen molar-refractivity contribution >= 4 is 43.9 Å².